The zero-order valence-corrected chi connectivity index (χ0v) is 7.45. The van der Waals surface area contributed by atoms with Crippen molar-refractivity contribution in [2.75, 3.05) is 5.73 Å². The van der Waals surface area contributed by atoms with E-state index in [9.17, 15) is 0 Å². The number of nitrogens with two attached hydrogens (primary N) is 1. The fourth-order valence-electron chi connectivity index (χ4n) is 1.12. The van der Waals surface area contributed by atoms with Crippen LogP contribution in [0.5, 0.6) is 0 Å². The molecule has 0 atom stereocenters. The molecule has 13 heavy (non-hydrogen) atoms. The summed E-state index contributed by atoms with van der Waals surface area (Å²) in [6, 6.07) is 5.01. The number of nitrogens with zero attached hydrogens (tertiary/aromatic N) is 1. The molecule has 1 heterocycles. The maximum atomic E-state index is 8.90. The van der Waals surface area contributed by atoms with Gasteiger partial charge in [0.05, 0.1) is 10.2 Å². The summed E-state index contributed by atoms with van der Waals surface area (Å²) in [6.07, 6.45) is 0. The van der Waals surface area contributed by atoms with E-state index < -0.39 is 7.12 Å². The third-order valence-corrected chi connectivity index (χ3v) is 2.57. The second-order valence-corrected chi connectivity index (χ2v) is 3.72. The van der Waals surface area contributed by atoms with E-state index in [0.717, 1.165) is 10.2 Å². The van der Waals surface area contributed by atoms with E-state index in [1.54, 1.807) is 18.2 Å². The standard InChI is InChI=1S/C7H7BN2O2S/c9-7-10-5-2-1-4(8(11)12)3-6(5)13-7/h1-3,11-12H,(H2,9,10). The third-order valence-electron chi connectivity index (χ3n) is 1.73. The van der Waals surface area contributed by atoms with Crippen LogP contribution in [-0.4, -0.2) is 22.2 Å². The average Bonchev–Trinajstić information content (AvgIpc) is 2.42. The lowest BCUT2D eigenvalue weighted by Gasteiger charge is -1.96. The molecule has 0 spiro atoms. The lowest BCUT2D eigenvalue weighted by Crippen LogP contribution is -2.29. The Labute approximate surface area is 78.8 Å². The lowest BCUT2D eigenvalue weighted by atomic mass is 9.80. The van der Waals surface area contributed by atoms with Gasteiger partial charge >= 0.3 is 7.12 Å². The molecule has 4 N–H and O–H groups in total. The van der Waals surface area contributed by atoms with Crippen LogP contribution in [0.2, 0.25) is 0 Å². The minimum atomic E-state index is -1.44. The molecule has 0 aliphatic heterocycles. The van der Waals surface area contributed by atoms with E-state index in [1.807, 2.05) is 0 Å². The highest BCUT2D eigenvalue weighted by Crippen LogP contribution is 2.21. The molecule has 66 valence electrons. The molecule has 6 heteroatoms. The van der Waals surface area contributed by atoms with Crippen LogP contribution in [0.4, 0.5) is 5.13 Å². The van der Waals surface area contributed by atoms with Gasteiger partial charge in [-0.2, -0.15) is 0 Å². The molecule has 1 aromatic heterocycles. The Kier molecular flexibility index (Phi) is 1.95. The van der Waals surface area contributed by atoms with Crippen LogP contribution in [0.25, 0.3) is 10.2 Å². The Morgan fingerprint density at radius 3 is 2.85 bits per heavy atom. The maximum absolute atomic E-state index is 8.90. The molecule has 0 saturated heterocycles. The molecule has 2 aromatic rings. The summed E-state index contributed by atoms with van der Waals surface area (Å²) in [5, 5.41) is 18.3. The molecule has 1 aromatic carbocycles. The SMILES string of the molecule is Nc1nc2ccc(B(O)O)cc2s1. The highest BCUT2D eigenvalue weighted by atomic mass is 32.1. The quantitative estimate of drug-likeness (QED) is 0.537. The molecule has 2 rings (SSSR count). The Bertz CT molecular complexity index is 443. The molecule has 0 aliphatic carbocycles. The van der Waals surface area contributed by atoms with E-state index >= 15 is 0 Å². The lowest BCUT2D eigenvalue weighted by molar-refractivity contribution is 0.426. The third kappa shape index (κ3) is 1.51. The Hall–Kier alpha value is -1.11. The minimum absolute atomic E-state index is 0.455. The molecule has 0 aliphatic rings. The van der Waals surface area contributed by atoms with Gasteiger partial charge in [-0.25, -0.2) is 4.98 Å². The molecule has 0 saturated carbocycles. The van der Waals surface area contributed by atoms with Gasteiger partial charge in [0.15, 0.2) is 5.13 Å². The van der Waals surface area contributed by atoms with Crippen molar-refractivity contribution in [2.45, 2.75) is 0 Å². The summed E-state index contributed by atoms with van der Waals surface area (Å²) in [7, 11) is -1.44. The van der Waals surface area contributed by atoms with Crippen molar-refractivity contribution in [3.8, 4) is 0 Å². The number of hydrogen-bond acceptors (Lipinski definition) is 5. The van der Waals surface area contributed by atoms with Gasteiger partial charge in [0, 0.05) is 0 Å². The van der Waals surface area contributed by atoms with Gasteiger partial charge in [-0.15, -0.1) is 0 Å². The van der Waals surface area contributed by atoms with Gasteiger partial charge in [0.2, 0.25) is 0 Å². The number of thiazole rings is 1. The Balaban J connectivity index is 2.61. The first-order chi connectivity index (χ1) is 6.16. The Morgan fingerprint density at radius 1 is 1.38 bits per heavy atom. The average molecular weight is 194 g/mol. The smallest absolute Gasteiger partial charge is 0.423 e. The van der Waals surface area contributed by atoms with Gasteiger partial charge in [-0.3, -0.25) is 0 Å². The molecule has 0 bridgehead atoms. The minimum Gasteiger partial charge on any atom is -0.423 e. The first-order valence-corrected chi connectivity index (χ1v) is 4.50. The van der Waals surface area contributed by atoms with Gasteiger partial charge in [0.1, 0.15) is 0 Å². The van der Waals surface area contributed by atoms with Crippen LogP contribution in [-0.2, 0) is 0 Å². The van der Waals surface area contributed by atoms with Crippen molar-refractivity contribution in [1.29, 1.82) is 0 Å². The second-order valence-electron chi connectivity index (χ2n) is 2.65. The molecular weight excluding hydrogens is 187 g/mol. The van der Waals surface area contributed by atoms with E-state index in [1.165, 1.54) is 11.3 Å². The summed E-state index contributed by atoms with van der Waals surface area (Å²) in [6.45, 7) is 0. The summed E-state index contributed by atoms with van der Waals surface area (Å²) in [4.78, 5) is 4.05. The topological polar surface area (TPSA) is 79.4 Å². The number of aromatic nitrogens is 1. The Morgan fingerprint density at radius 2 is 2.15 bits per heavy atom. The van der Waals surface area contributed by atoms with Crippen LogP contribution in [0.3, 0.4) is 0 Å². The number of anilines is 1. The van der Waals surface area contributed by atoms with Gasteiger partial charge in [-0.1, -0.05) is 17.4 Å². The van der Waals surface area contributed by atoms with Crippen LogP contribution in [0.1, 0.15) is 0 Å². The number of benzene rings is 1. The van der Waals surface area contributed by atoms with Gasteiger partial charge in [0.25, 0.3) is 0 Å². The van der Waals surface area contributed by atoms with Gasteiger partial charge in [-0.05, 0) is 17.6 Å². The fraction of sp³-hybridized carbons (Fsp3) is 0. The van der Waals surface area contributed by atoms with Crippen molar-refractivity contribution in [2.24, 2.45) is 0 Å². The van der Waals surface area contributed by atoms with E-state index in [-0.39, 0.29) is 0 Å². The van der Waals surface area contributed by atoms with E-state index in [4.69, 9.17) is 15.8 Å². The van der Waals surface area contributed by atoms with Crippen molar-refractivity contribution < 1.29 is 10.0 Å². The normalized spacial score (nSPS) is 10.6. The molecule has 0 amide bonds. The van der Waals surface area contributed by atoms with E-state index in [0.29, 0.717) is 10.6 Å². The number of fused-ring (bicyclic) bond motifs is 1. The van der Waals surface area contributed by atoms with Crippen LogP contribution in [0.15, 0.2) is 18.2 Å². The molecule has 0 unspecified atom stereocenters. The summed E-state index contributed by atoms with van der Waals surface area (Å²) >= 11 is 1.33. The molecule has 0 radical (unpaired) electrons. The molecular formula is C7H7BN2O2S. The zero-order valence-electron chi connectivity index (χ0n) is 6.64. The monoisotopic (exact) mass is 194 g/mol. The second kappa shape index (κ2) is 2.99. The summed E-state index contributed by atoms with van der Waals surface area (Å²) < 4.78 is 0.864. The molecule has 4 nitrogen and oxygen atoms in total. The van der Waals surface area contributed by atoms with Crippen molar-refractivity contribution in [1.82, 2.24) is 4.98 Å². The van der Waals surface area contributed by atoms with Crippen LogP contribution in [0, 0.1) is 0 Å². The summed E-state index contributed by atoms with van der Waals surface area (Å²) in [5.74, 6) is 0. The maximum Gasteiger partial charge on any atom is 0.488 e. The van der Waals surface area contributed by atoms with Crippen molar-refractivity contribution >= 4 is 39.3 Å². The number of rotatable bonds is 1. The number of hydrogen-bond donors (Lipinski definition) is 3. The van der Waals surface area contributed by atoms with Crippen LogP contribution >= 0.6 is 11.3 Å². The summed E-state index contributed by atoms with van der Waals surface area (Å²) in [5.41, 5.74) is 6.74. The first-order valence-electron chi connectivity index (χ1n) is 3.69. The first kappa shape index (κ1) is 8.49. The van der Waals surface area contributed by atoms with Gasteiger partial charge < -0.3 is 15.8 Å². The molecule has 0 fully saturated rings. The highest BCUT2D eigenvalue weighted by molar-refractivity contribution is 7.22. The van der Waals surface area contributed by atoms with Crippen molar-refractivity contribution in [3.05, 3.63) is 18.2 Å². The van der Waals surface area contributed by atoms with E-state index in [2.05, 4.69) is 4.98 Å². The predicted molar refractivity (Wildman–Crippen MR) is 53.9 cm³/mol. The fourth-order valence-corrected chi connectivity index (χ4v) is 1.90. The largest absolute Gasteiger partial charge is 0.488 e. The number of nitrogen functional groups attached to an aromatic ring is 1. The van der Waals surface area contributed by atoms with Crippen LogP contribution < -0.4 is 11.2 Å². The predicted octanol–water partition coefficient (Wildman–Crippen LogP) is -0.442. The zero-order chi connectivity index (χ0) is 9.42. The van der Waals surface area contributed by atoms with Crippen molar-refractivity contribution in [3.63, 3.8) is 0 Å². The highest BCUT2D eigenvalue weighted by Gasteiger charge is 2.12.